The zero-order valence-electron chi connectivity index (χ0n) is 17.0. The fourth-order valence-corrected chi connectivity index (χ4v) is 3.84. The lowest BCUT2D eigenvalue weighted by Crippen LogP contribution is -2.45. The van der Waals surface area contributed by atoms with Crippen LogP contribution in [-0.4, -0.2) is 46.0 Å². The molecule has 3 heterocycles. The molecule has 1 fully saturated rings. The van der Waals surface area contributed by atoms with Gasteiger partial charge in [0.2, 0.25) is 0 Å². The molecule has 1 aliphatic rings. The van der Waals surface area contributed by atoms with Gasteiger partial charge in [0, 0.05) is 37.6 Å². The van der Waals surface area contributed by atoms with E-state index >= 15 is 0 Å². The molecule has 1 amide bonds. The number of pyridine rings is 1. The first-order chi connectivity index (χ1) is 12.8. The molecule has 7 nitrogen and oxygen atoms in total. The van der Waals surface area contributed by atoms with Crippen LogP contribution in [0.5, 0.6) is 0 Å². The molecule has 2 aromatic rings. The van der Waals surface area contributed by atoms with Gasteiger partial charge in [0.1, 0.15) is 5.82 Å². The second-order valence-corrected chi connectivity index (χ2v) is 7.47. The fraction of sp³-hybridized carbons (Fsp3) is 0.550. The third-order valence-electron chi connectivity index (χ3n) is 5.10. The van der Waals surface area contributed by atoms with Crippen LogP contribution in [-0.2, 0) is 11.8 Å². The third kappa shape index (κ3) is 4.13. The van der Waals surface area contributed by atoms with Crippen molar-refractivity contribution in [3.05, 3.63) is 40.8 Å². The first-order valence-corrected chi connectivity index (χ1v) is 9.43. The highest BCUT2D eigenvalue weighted by Gasteiger charge is 2.23. The average molecular weight is 371 g/mol. The highest BCUT2D eigenvalue weighted by molar-refractivity contribution is 5.94. The van der Waals surface area contributed by atoms with Crippen molar-refractivity contribution in [1.82, 2.24) is 20.1 Å². The molecule has 0 aromatic carbocycles. The molecule has 0 spiro atoms. The van der Waals surface area contributed by atoms with Crippen LogP contribution in [0, 0.1) is 13.8 Å². The second kappa shape index (κ2) is 7.68. The van der Waals surface area contributed by atoms with Crippen molar-refractivity contribution < 1.29 is 9.53 Å². The van der Waals surface area contributed by atoms with Crippen molar-refractivity contribution >= 4 is 11.7 Å². The molecular formula is C20H29N5O2. The number of nitrogens with zero attached hydrogens (tertiary/aromatic N) is 4. The molecule has 0 bridgehead atoms. The summed E-state index contributed by atoms with van der Waals surface area (Å²) < 4.78 is 7.61. The molecule has 3 rings (SSSR count). The normalized spacial score (nSPS) is 21.2. The van der Waals surface area contributed by atoms with Gasteiger partial charge in [-0.1, -0.05) is 0 Å². The molecule has 27 heavy (non-hydrogen) atoms. The van der Waals surface area contributed by atoms with Crippen molar-refractivity contribution in [2.24, 2.45) is 7.05 Å². The van der Waals surface area contributed by atoms with Crippen molar-refractivity contribution in [2.75, 3.05) is 18.0 Å². The molecule has 3 atom stereocenters. The Kier molecular flexibility index (Phi) is 5.51. The zero-order valence-corrected chi connectivity index (χ0v) is 17.0. The van der Waals surface area contributed by atoms with Crippen LogP contribution in [0.3, 0.4) is 0 Å². The number of hydrogen-bond acceptors (Lipinski definition) is 5. The van der Waals surface area contributed by atoms with E-state index in [4.69, 9.17) is 4.74 Å². The van der Waals surface area contributed by atoms with Crippen LogP contribution < -0.4 is 10.2 Å². The Hall–Kier alpha value is -2.41. The summed E-state index contributed by atoms with van der Waals surface area (Å²) in [6, 6.07) is 3.62. The van der Waals surface area contributed by atoms with Crippen LogP contribution in [0.25, 0.3) is 0 Å². The van der Waals surface area contributed by atoms with Crippen molar-refractivity contribution in [3.63, 3.8) is 0 Å². The smallest absolute Gasteiger partial charge is 0.253 e. The topological polar surface area (TPSA) is 72.3 Å². The van der Waals surface area contributed by atoms with Gasteiger partial charge in [0.15, 0.2) is 0 Å². The number of anilines is 1. The maximum Gasteiger partial charge on any atom is 0.253 e. The minimum absolute atomic E-state index is 0.119. The van der Waals surface area contributed by atoms with E-state index in [-0.39, 0.29) is 24.2 Å². The number of morpholine rings is 1. The van der Waals surface area contributed by atoms with Crippen molar-refractivity contribution in [2.45, 2.75) is 52.9 Å². The first kappa shape index (κ1) is 19.4. The number of carbonyl (C=O) groups excluding carboxylic acids is 1. The van der Waals surface area contributed by atoms with Crippen molar-refractivity contribution in [3.8, 4) is 0 Å². The van der Waals surface area contributed by atoms with Gasteiger partial charge in [-0.2, -0.15) is 5.10 Å². The predicted molar refractivity (Wildman–Crippen MR) is 105 cm³/mol. The molecule has 2 aromatic heterocycles. The summed E-state index contributed by atoms with van der Waals surface area (Å²) in [5.41, 5.74) is 3.61. The fourth-order valence-electron chi connectivity index (χ4n) is 3.84. The largest absolute Gasteiger partial charge is 0.372 e. The summed E-state index contributed by atoms with van der Waals surface area (Å²) >= 11 is 0. The maximum atomic E-state index is 12.6. The summed E-state index contributed by atoms with van der Waals surface area (Å²) in [4.78, 5) is 19.3. The molecule has 0 aliphatic carbocycles. The second-order valence-electron chi connectivity index (χ2n) is 7.47. The van der Waals surface area contributed by atoms with E-state index in [0.717, 1.165) is 35.9 Å². The number of aryl methyl sites for hydroxylation is 2. The van der Waals surface area contributed by atoms with E-state index in [1.807, 2.05) is 44.6 Å². The van der Waals surface area contributed by atoms with E-state index in [2.05, 4.69) is 34.1 Å². The molecule has 146 valence electrons. The lowest BCUT2D eigenvalue weighted by atomic mass is 10.1. The minimum Gasteiger partial charge on any atom is -0.372 e. The van der Waals surface area contributed by atoms with E-state index in [0.29, 0.717) is 5.56 Å². The zero-order chi connectivity index (χ0) is 19.7. The van der Waals surface area contributed by atoms with Crippen molar-refractivity contribution in [1.29, 1.82) is 0 Å². The van der Waals surface area contributed by atoms with Gasteiger partial charge >= 0.3 is 0 Å². The van der Waals surface area contributed by atoms with E-state index in [9.17, 15) is 4.79 Å². The minimum atomic E-state index is -0.132. The van der Waals surface area contributed by atoms with Crippen LogP contribution in [0.4, 0.5) is 5.82 Å². The number of ether oxygens (including phenoxy) is 1. The molecule has 0 saturated carbocycles. The van der Waals surface area contributed by atoms with E-state index in [1.165, 1.54) is 0 Å². The third-order valence-corrected chi connectivity index (χ3v) is 5.10. The number of hydrogen-bond donors (Lipinski definition) is 1. The van der Waals surface area contributed by atoms with Gasteiger partial charge in [-0.15, -0.1) is 0 Å². The molecule has 1 saturated heterocycles. The van der Waals surface area contributed by atoms with Crippen LogP contribution in [0.2, 0.25) is 0 Å². The number of aromatic nitrogens is 3. The van der Waals surface area contributed by atoms with Gasteiger partial charge in [-0.25, -0.2) is 4.98 Å². The molecule has 7 heteroatoms. The van der Waals surface area contributed by atoms with Crippen LogP contribution >= 0.6 is 0 Å². The lowest BCUT2D eigenvalue weighted by Gasteiger charge is -2.36. The molecule has 0 radical (unpaired) electrons. The Morgan fingerprint density at radius 1 is 1.26 bits per heavy atom. The van der Waals surface area contributed by atoms with Gasteiger partial charge < -0.3 is 15.0 Å². The summed E-state index contributed by atoms with van der Waals surface area (Å²) in [7, 11) is 1.91. The molecular weight excluding hydrogens is 342 g/mol. The monoisotopic (exact) mass is 371 g/mol. The molecule has 1 N–H and O–H groups in total. The summed E-state index contributed by atoms with van der Waals surface area (Å²) in [6.07, 6.45) is 1.99. The van der Waals surface area contributed by atoms with Gasteiger partial charge in [-0.3, -0.25) is 9.48 Å². The van der Waals surface area contributed by atoms with Gasteiger partial charge in [0.05, 0.1) is 29.5 Å². The first-order valence-electron chi connectivity index (χ1n) is 9.43. The molecule has 0 unspecified atom stereocenters. The highest BCUT2D eigenvalue weighted by Crippen LogP contribution is 2.22. The SMILES string of the molecule is Cc1nn(C)c(C)c1[C@@H](C)NC(=O)c1ccc(N2C[C@@H](C)O[C@@H](C)C2)nc1. The standard InChI is InChI=1S/C20H29N5O2/c1-12-10-25(11-13(2)27-12)18-8-7-17(9-21-18)20(26)22-14(3)19-15(4)23-24(6)16(19)5/h7-9,12-14H,10-11H2,1-6H3,(H,22,26)/t12-,13+,14-/m1/s1. The Bertz CT molecular complexity index is 805. The Morgan fingerprint density at radius 3 is 2.44 bits per heavy atom. The van der Waals surface area contributed by atoms with E-state index < -0.39 is 0 Å². The number of amides is 1. The van der Waals surface area contributed by atoms with Gasteiger partial charge in [-0.05, 0) is 46.8 Å². The maximum absolute atomic E-state index is 12.6. The Balaban J connectivity index is 1.69. The number of nitrogens with one attached hydrogen (secondary N) is 1. The van der Waals surface area contributed by atoms with Gasteiger partial charge in [0.25, 0.3) is 5.91 Å². The Labute approximate surface area is 160 Å². The summed E-state index contributed by atoms with van der Waals surface area (Å²) in [5, 5.41) is 7.48. The van der Waals surface area contributed by atoms with Crippen LogP contribution in [0.1, 0.15) is 54.1 Å². The molecule has 1 aliphatic heterocycles. The van der Waals surface area contributed by atoms with E-state index in [1.54, 1.807) is 6.20 Å². The Morgan fingerprint density at radius 2 is 1.93 bits per heavy atom. The highest BCUT2D eigenvalue weighted by atomic mass is 16.5. The average Bonchev–Trinajstić information content (AvgIpc) is 2.86. The quantitative estimate of drug-likeness (QED) is 0.894. The summed E-state index contributed by atoms with van der Waals surface area (Å²) in [6.45, 7) is 11.7. The lowest BCUT2D eigenvalue weighted by molar-refractivity contribution is -0.00546. The summed E-state index contributed by atoms with van der Waals surface area (Å²) in [5.74, 6) is 0.744. The number of rotatable bonds is 4. The van der Waals surface area contributed by atoms with Crippen LogP contribution in [0.15, 0.2) is 18.3 Å². The number of carbonyl (C=O) groups is 1. The predicted octanol–water partition coefficient (Wildman–Crippen LogP) is 2.54.